The molecule has 0 aromatic heterocycles. The molecule has 2 N–H and O–H groups in total. The number of carboxylic acids is 1. The zero-order chi connectivity index (χ0) is 8.48. The molecule has 1 rings (SSSR count). The van der Waals surface area contributed by atoms with E-state index in [9.17, 15) is 4.79 Å². The van der Waals surface area contributed by atoms with Crippen molar-refractivity contribution >= 4 is 5.97 Å². The summed E-state index contributed by atoms with van der Waals surface area (Å²) in [6, 6.07) is 0. The lowest BCUT2D eigenvalue weighted by molar-refractivity contribution is -0.143. The highest BCUT2D eigenvalue weighted by molar-refractivity contribution is 5.78. The Morgan fingerprint density at radius 3 is 2.73 bits per heavy atom. The number of carboxylic acid groups (broad SMARTS) is 1. The second-order valence-electron chi connectivity index (χ2n) is 3.50. The van der Waals surface area contributed by atoms with Gasteiger partial charge in [0, 0.05) is 0 Å². The lowest BCUT2D eigenvalue weighted by Gasteiger charge is -2.17. The van der Waals surface area contributed by atoms with Crippen LogP contribution in [0.3, 0.4) is 0 Å². The maximum atomic E-state index is 10.7. The second-order valence-corrected chi connectivity index (χ2v) is 3.50. The van der Waals surface area contributed by atoms with E-state index in [0.29, 0.717) is 5.92 Å². The Morgan fingerprint density at radius 1 is 1.82 bits per heavy atom. The topological polar surface area (TPSA) is 49.3 Å². The van der Waals surface area contributed by atoms with Crippen LogP contribution in [0.25, 0.3) is 0 Å². The van der Waals surface area contributed by atoms with Crippen LogP contribution in [0.4, 0.5) is 0 Å². The molecule has 3 nitrogen and oxygen atoms in total. The number of aliphatic carboxylic acids is 1. The van der Waals surface area contributed by atoms with Gasteiger partial charge in [0.2, 0.25) is 0 Å². The van der Waals surface area contributed by atoms with Gasteiger partial charge in [0.05, 0.1) is 0 Å². The molecular weight excluding hydrogens is 142 g/mol. The molecule has 0 aromatic rings. The summed E-state index contributed by atoms with van der Waals surface area (Å²) in [6.45, 7) is 4.70. The van der Waals surface area contributed by atoms with Crippen molar-refractivity contribution < 1.29 is 9.90 Å². The van der Waals surface area contributed by atoms with Crippen LogP contribution in [0.2, 0.25) is 0 Å². The summed E-state index contributed by atoms with van der Waals surface area (Å²) >= 11 is 0. The Balaban J connectivity index is 2.57. The first-order chi connectivity index (χ1) is 5.08. The Labute approximate surface area is 66.8 Å². The molecule has 1 fully saturated rings. The maximum Gasteiger partial charge on any atom is 0.323 e. The lowest BCUT2D eigenvalue weighted by Crippen LogP contribution is -2.44. The van der Waals surface area contributed by atoms with E-state index in [4.69, 9.17) is 5.11 Å². The largest absolute Gasteiger partial charge is 0.480 e. The molecule has 0 radical (unpaired) electrons. The minimum atomic E-state index is -0.728. The molecule has 1 aliphatic heterocycles. The monoisotopic (exact) mass is 157 g/mol. The summed E-state index contributed by atoms with van der Waals surface area (Å²) in [4.78, 5) is 10.7. The number of rotatable bonds is 2. The first kappa shape index (κ1) is 8.53. The molecule has 0 saturated carbocycles. The average Bonchev–Trinajstić information content (AvgIpc) is 2.33. The highest BCUT2D eigenvalue weighted by Gasteiger charge is 2.39. The van der Waals surface area contributed by atoms with Crippen LogP contribution in [-0.2, 0) is 4.79 Å². The zero-order valence-corrected chi connectivity index (χ0v) is 7.05. The van der Waals surface area contributed by atoms with Crippen molar-refractivity contribution in [1.82, 2.24) is 5.32 Å². The summed E-state index contributed by atoms with van der Waals surface area (Å²) in [5.74, 6) is -0.190. The van der Waals surface area contributed by atoms with E-state index in [-0.39, 0.29) is 0 Å². The van der Waals surface area contributed by atoms with Crippen molar-refractivity contribution in [3.05, 3.63) is 0 Å². The summed E-state index contributed by atoms with van der Waals surface area (Å²) < 4.78 is 0. The fraction of sp³-hybridized carbons (Fsp3) is 0.875. The van der Waals surface area contributed by atoms with Gasteiger partial charge in [-0.1, -0.05) is 13.3 Å². The van der Waals surface area contributed by atoms with Crippen molar-refractivity contribution in [2.75, 3.05) is 6.54 Å². The molecule has 11 heavy (non-hydrogen) atoms. The van der Waals surface area contributed by atoms with E-state index in [2.05, 4.69) is 12.2 Å². The molecule has 2 atom stereocenters. The Kier molecular flexibility index (Phi) is 2.18. The van der Waals surface area contributed by atoms with E-state index >= 15 is 0 Å². The van der Waals surface area contributed by atoms with Crippen LogP contribution in [-0.4, -0.2) is 23.2 Å². The van der Waals surface area contributed by atoms with Crippen molar-refractivity contribution in [2.45, 2.75) is 32.2 Å². The van der Waals surface area contributed by atoms with E-state index in [1.54, 1.807) is 6.92 Å². The third kappa shape index (κ3) is 1.53. The van der Waals surface area contributed by atoms with Gasteiger partial charge in [-0.15, -0.1) is 0 Å². The van der Waals surface area contributed by atoms with Gasteiger partial charge < -0.3 is 10.4 Å². The number of hydrogen-bond donors (Lipinski definition) is 2. The lowest BCUT2D eigenvalue weighted by atomic mass is 9.94. The Bertz CT molecular complexity index is 169. The summed E-state index contributed by atoms with van der Waals surface area (Å²) in [6.07, 6.45) is 1.83. The van der Waals surface area contributed by atoms with Gasteiger partial charge in [-0.05, 0) is 25.8 Å². The third-order valence-corrected chi connectivity index (χ3v) is 2.53. The highest BCUT2D eigenvalue weighted by Crippen LogP contribution is 2.25. The summed E-state index contributed by atoms with van der Waals surface area (Å²) in [5.41, 5.74) is -0.666. The standard InChI is InChI=1S/C8H15NO2/c1-3-6-4-8(2,7(10)11)9-5-6/h6,9H,3-5H2,1-2H3,(H,10,11). The fourth-order valence-corrected chi connectivity index (χ4v) is 1.54. The van der Waals surface area contributed by atoms with Crippen LogP contribution < -0.4 is 5.32 Å². The molecule has 0 aliphatic carbocycles. The van der Waals surface area contributed by atoms with E-state index < -0.39 is 11.5 Å². The minimum absolute atomic E-state index is 0.538. The molecule has 0 spiro atoms. The molecule has 1 saturated heterocycles. The van der Waals surface area contributed by atoms with Gasteiger partial charge in [-0.25, -0.2) is 0 Å². The van der Waals surface area contributed by atoms with Gasteiger partial charge >= 0.3 is 5.97 Å². The molecule has 1 aliphatic rings. The molecule has 0 amide bonds. The smallest absolute Gasteiger partial charge is 0.323 e. The SMILES string of the molecule is CCC1CNC(C)(C(=O)O)C1. The van der Waals surface area contributed by atoms with Crippen molar-refractivity contribution in [2.24, 2.45) is 5.92 Å². The van der Waals surface area contributed by atoms with Gasteiger partial charge in [0.1, 0.15) is 5.54 Å². The first-order valence-corrected chi connectivity index (χ1v) is 4.07. The van der Waals surface area contributed by atoms with E-state index in [0.717, 1.165) is 19.4 Å². The zero-order valence-electron chi connectivity index (χ0n) is 7.05. The van der Waals surface area contributed by atoms with E-state index in [1.165, 1.54) is 0 Å². The van der Waals surface area contributed by atoms with Gasteiger partial charge in [-0.2, -0.15) is 0 Å². The van der Waals surface area contributed by atoms with Gasteiger partial charge in [0.25, 0.3) is 0 Å². The maximum absolute atomic E-state index is 10.7. The molecule has 2 unspecified atom stereocenters. The summed E-state index contributed by atoms with van der Waals surface area (Å²) in [5, 5.41) is 11.9. The van der Waals surface area contributed by atoms with Crippen molar-refractivity contribution in [3.63, 3.8) is 0 Å². The quantitative estimate of drug-likeness (QED) is 0.624. The Hall–Kier alpha value is -0.570. The molecule has 3 heteroatoms. The number of nitrogens with one attached hydrogen (secondary N) is 1. The Morgan fingerprint density at radius 2 is 2.45 bits per heavy atom. The molecule has 0 bridgehead atoms. The van der Waals surface area contributed by atoms with Crippen molar-refractivity contribution in [3.8, 4) is 0 Å². The minimum Gasteiger partial charge on any atom is -0.480 e. The fourth-order valence-electron chi connectivity index (χ4n) is 1.54. The molecular formula is C8H15NO2. The van der Waals surface area contributed by atoms with Crippen LogP contribution in [0.1, 0.15) is 26.7 Å². The van der Waals surface area contributed by atoms with Crippen LogP contribution in [0.15, 0.2) is 0 Å². The summed E-state index contributed by atoms with van der Waals surface area (Å²) in [7, 11) is 0. The highest BCUT2D eigenvalue weighted by atomic mass is 16.4. The van der Waals surface area contributed by atoms with Gasteiger partial charge in [-0.3, -0.25) is 4.79 Å². The van der Waals surface area contributed by atoms with E-state index in [1.807, 2.05) is 0 Å². The van der Waals surface area contributed by atoms with Crippen LogP contribution >= 0.6 is 0 Å². The van der Waals surface area contributed by atoms with Gasteiger partial charge in [0.15, 0.2) is 0 Å². The first-order valence-electron chi connectivity index (χ1n) is 4.07. The molecule has 0 aromatic carbocycles. The number of carbonyl (C=O) groups is 1. The predicted octanol–water partition coefficient (Wildman–Crippen LogP) is 0.849. The normalized spacial score (nSPS) is 37.5. The predicted molar refractivity (Wildman–Crippen MR) is 42.4 cm³/mol. The van der Waals surface area contributed by atoms with Crippen LogP contribution in [0.5, 0.6) is 0 Å². The van der Waals surface area contributed by atoms with Crippen LogP contribution in [0, 0.1) is 5.92 Å². The molecule has 64 valence electrons. The number of hydrogen-bond acceptors (Lipinski definition) is 2. The average molecular weight is 157 g/mol. The third-order valence-electron chi connectivity index (χ3n) is 2.53. The van der Waals surface area contributed by atoms with Crippen molar-refractivity contribution in [1.29, 1.82) is 0 Å². The second kappa shape index (κ2) is 2.81. The molecule has 1 heterocycles.